The third-order valence-corrected chi connectivity index (χ3v) is 4.34. The van der Waals surface area contributed by atoms with Crippen molar-refractivity contribution >= 4 is 18.0 Å². The number of aryl methyl sites for hydroxylation is 1. The molecule has 2 amide bonds. The number of hydrazine groups is 1. The number of amides is 2. The number of methoxy groups -OCH3 is 1. The van der Waals surface area contributed by atoms with E-state index in [1.807, 2.05) is 34.6 Å². The van der Waals surface area contributed by atoms with Crippen molar-refractivity contribution in [3.05, 3.63) is 64.2 Å². The molecule has 0 spiro atoms. The molecule has 0 aliphatic carbocycles. The lowest BCUT2D eigenvalue weighted by Crippen LogP contribution is -2.55. The summed E-state index contributed by atoms with van der Waals surface area (Å²) >= 11 is 0. The molecule has 0 heterocycles. The number of hydrogen-bond donors (Lipinski definition) is 2. The van der Waals surface area contributed by atoms with Gasteiger partial charge < -0.3 is 9.94 Å². The lowest BCUT2D eigenvalue weighted by Gasteiger charge is -2.31. The minimum atomic E-state index is -0.546. The van der Waals surface area contributed by atoms with Crippen LogP contribution in [0.4, 0.5) is 0 Å². The number of nitrogens with zero attached hydrogens (tertiary/aromatic N) is 2. The molecule has 0 aromatic heterocycles. The van der Waals surface area contributed by atoms with Gasteiger partial charge in [-0.3, -0.25) is 9.59 Å². The van der Waals surface area contributed by atoms with Gasteiger partial charge in [0.2, 0.25) is 0 Å². The molecule has 0 atom stereocenters. The van der Waals surface area contributed by atoms with Crippen molar-refractivity contribution < 1.29 is 19.5 Å². The van der Waals surface area contributed by atoms with Crippen LogP contribution < -0.4 is 10.2 Å². The first kappa shape index (κ1) is 23.1. The van der Waals surface area contributed by atoms with Gasteiger partial charge in [0.1, 0.15) is 5.75 Å². The van der Waals surface area contributed by atoms with Crippen LogP contribution >= 0.6 is 0 Å². The highest BCUT2D eigenvalue weighted by Crippen LogP contribution is 2.25. The van der Waals surface area contributed by atoms with E-state index >= 15 is 0 Å². The van der Waals surface area contributed by atoms with E-state index in [1.165, 1.54) is 6.21 Å². The molecule has 0 aliphatic heterocycles. The van der Waals surface area contributed by atoms with Crippen LogP contribution in [0.1, 0.15) is 65.1 Å². The maximum atomic E-state index is 13.5. The maximum Gasteiger partial charge on any atom is 0.275 e. The molecule has 7 nitrogen and oxygen atoms in total. The number of carbonyl (C=O) groups is 2. The number of carbonyl (C=O) groups excluding carboxylic acids is 2. The summed E-state index contributed by atoms with van der Waals surface area (Å²) < 4.78 is 5.40. The monoisotopic (exact) mass is 411 g/mol. The summed E-state index contributed by atoms with van der Waals surface area (Å²) in [7, 11) is 1.55. The van der Waals surface area contributed by atoms with E-state index in [0.717, 1.165) is 16.1 Å². The minimum absolute atomic E-state index is 0.302. The van der Waals surface area contributed by atoms with Crippen molar-refractivity contribution in [2.45, 2.75) is 46.6 Å². The first-order valence-electron chi connectivity index (χ1n) is 9.73. The highest BCUT2D eigenvalue weighted by molar-refractivity contribution is 6.11. The largest absolute Gasteiger partial charge is 0.496 e. The smallest absolute Gasteiger partial charge is 0.275 e. The Kier molecular flexibility index (Phi) is 7.34. The van der Waals surface area contributed by atoms with Crippen LogP contribution in [0.25, 0.3) is 0 Å². The van der Waals surface area contributed by atoms with Gasteiger partial charge in [0.05, 0.1) is 13.3 Å². The molecular formula is C23H29N3O4. The lowest BCUT2D eigenvalue weighted by molar-refractivity contribution is 0.0451. The number of rotatable bonds is 6. The van der Waals surface area contributed by atoms with Crippen LogP contribution in [0.3, 0.4) is 0 Å². The van der Waals surface area contributed by atoms with Crippen LogP contribution in [0.5, 0.6) is 5.75 Å². The molecule has 2 rings (SSSR count). The third-order valence-electron chi connectivity index (χ3n) is 4.34. The van der Waals surface area contributed by atoms with Gasteiger partial charge in [0.15, 0.2) is 0 Å². The zero-order valence-corrected chi connectivity index (χ0v) is 18.3. The number of nitrogens with one attached hydrogen (secondary N) is 1. The normalized spacial score (nSPS) is 11.5. The van der Waals surface area contributed by atoms with Gasteiger partial charge in [-0.15, -0.1) is 0 Å². The number of benzene rings is 2. The molecule has 0 radical (unpaired) electrons. The van der Waals surface area contributed by atoms with E-state index in [0.29, 0.717) is 28.9 Å². The van der Waals surface area contributed by atoms with Gasteiger partial charge in [-0.1, -0.05) is 24.2 Å². The standard InChI is InChI=1S/C23H29N3O4/c1-7-18-19(9-8-10-20(18)30-6)22(28)26(25-23(3,4)5)21(27)17-12-15(2)11-16(13-17)14-24-29/h8-14,25,29H,7H2,1-6H3. The number of ether oxygens (including phenoxy) is 1. The van der Waals surface area contributed by atoms with E-state index in [1.54, 1.807) is 43.5 Å². The van der Waals surface area contributed by atoms with Crippen LogP contribution in [0.15, 0.2) is 41.6 Å². The second-order valence-electron chi connectivity index (χ2n) is 8.02. The molecule has 2 aromatic rings. The zero-order valence-electron chi connectivity index (χ0n) is 18.3. The second-order valence-corrected chi connectivity index (χ2v) is 8.02. The summed E-state index contributed by atoms with van der Waals surface area (Å²) in [4.78, 5) is 26.9. The predicted molar refractivity (Wildman–Crippen MR) is 116 cm³/mol. The number of oxime groups is 1. The first-order valence-corrected chi connectivity index (χ1v) is 9.73. The van der Waals surface area contributed by atoms with Gasteiger partial charge in [-0.25, -0.2) is 10.4 Å². The third kappa shape index (κ3) is 5.45. The van der Waals surface area contributed by atoms with Crippen molar-refractivity contribution in [1.82, 2.24) is 10.4 Å². The van der Waals surface area contributed by atoms with Crippen molar-refractivity contribution in [2.75, 3.05) is 7.11 Å². The van der Waals surface area contributed by atoms with E-state index in [4.69, 9.17) is 9.94 Å². The Hall–Kier alpha value is -3.19. The zero-order chi connectivity index (χ0) is 22.5. The van der Waals surface area contributed by atoms with E-state index in [9.17, 15) is 9.59 Å². The molecule has 2 N–H and O–H groups in total. The van der Waals surface area contributed by atoms with Gasteiger partial charge in [0.25, 0.3) is 11.8 Å². The number of hydrogen-bond acceptors (Lipinski definition) is 6. The Morgan fingerprint density at radius 2 is 1.90 bits per heavy atom. The highest BCUT2D eigenvalue weighted by Gasteiger charge is 2.30. The summed E-state index contributed by atoms with van der Waals surface area (Å²) in [5, 5.41) is 12.9. The molecule has 0 unspecified atom stereocenters. The summed E-state index contributed by atoms with van der Waals surface area (Å²) in [6, 6.07) is 10.2. The fourth-order valence-corrected chi connectivity index (χ4v) is 3.18. The van der Waals surface area contributed by atoms with E-state index in [2.05, 4.69) is 10.6 Å². The molecule has 0 fully saturated rings. The van der Waals surface area contributed by atoms with Gasteiger partial charge in [-0.2, -0.15) is 0 Å². The molecule has 0 saturated heterocycles. The average molecular weight is 412 g/mol. The fraction of sp³-hybridized carbons (Fsp3) is 0.348. The average Bonchev–Trinajstić information content (AvgIpc) is 2.69. The maximum absolute atomic E-state index is 13.5. The van der Waals surface area contributed by atoms with Crippen LogP contribution in [0.2, 0.25) is 0 Å². The molecule has 30 heavy (non-hydrogen) atoms. The summed E-state index contributed by atoms with van der Waals surface area (Å²) in [5.74, 6) is -0.371. The SMILES string of the molecule is CCc1c(OC)cccc1C(=O)N(NC(C)(C)C)C(=O)c1cc(C)cc(C=NO)c1. The Balaban J connectivity index is 2.57. The molecule has 2 aromatic carbocycles. The summed E-state index contributed by atoms with van der Waals surface area (Å²) in [5.41, 5.74) is 5.26. The molecule has 0 bridgehead atoms. The molecule has 160 valence electrons. The van der Waals surface area contributed by atoms with Gasteiger partial charge in [-0.05, 0) is 69.5 Å². The van der Waals surface area contributed by atoms with Crippen molar-refractivity contribution in [3.8, 4) is 5.75 Å². The summed E-state index contributed by atoms with van der Waals surface area (Å²) in [6.07, 6.45) is 1.81. The van der Waals surface area contributed by atoms with Crippen LogP contribution in [-0.2, 0) is 6.42 Å². The molecule has 0 aliphatic rings. The highest BCUT2D eigenvalue weighted by atomic mass is 16.5. The van der Waals surface area contributed by atoms with Crippen molar-refractivity contribution in [3.63, 3.8) is 0 Å². The topological polar surface area (TPSA) is 91.2 Å². The Bertz CT molecular complexity index is 961. The number of imide groups is 1. The van der Waals surface area contributed by atoms with Gasteiger partial charge in [0, 0.05) is 22.2 Å². The van der Waals surface area contributed by atoms with E-state index in [-0.39, 0.29) is 0 Å². The Morgan fingerprint density at radius 3 is 2.47 bits per heavy atom. The minimum Gasteiger partial charge on any atom is -0.496 e. The molecular weight excluding hydrogens is 382 g/mol. The van der Waals surface area contributed by atoms with Gasteiger partial charge >= 0.3 is 0 Å². The predicted octanol–water partition coefficient (Wildman–Crippen LogP) is 3.96. The first-order chi connectivity index (χ1) is 14.1. The Morgan fingerprint density at radius 1 is 1.20 bits per heavy atom. The van der Waals surface area contributed by atoms with E-state index < -0.39 is 17.4 Å². The fourth-order valence-electron chi connectivity index (χ4n) is 3.18. The molecule has 0 saturated carbocycles. The van der Waals surface area contributed by atoms with Crippen LogP contribution in [-0.4, -0.2) is 40.9 Å². The van der Waals surface area contributed by atoms with Crippen LogP contribution in [0, 0.1) is 6.92 Å². The summed E-state index contributed by atoms with van der Waals surface area (Å²) in [6.45, 7) is 9.36. The lowest BCUT2D eigenvalue weighted by atomic mass is 10.0. The Labute approximate surface area is 177 Å². The van der Waals surface area contributed by atoms with Crippen molar-refractivity contribution in [2.24, 2.45) is 5.16 Å². The van der Waals surface area contributed by atoms with Crippen molar-refractivity contribution in [1.29, 1.82) is 0 Å². The quantitative estimate of drug-likeness (QED) is 0.325. The molecule has 7 heteroatoms. The second kappa shape index (κ2) is 9.54.